The standard InChI is InChI=1S/C28H31BO2/c1-6-22-16-10-11-17-23(22)25(20-21-14-8-7-9-15-21)24-18-12-13-19-26(24)29-30-27(2,3)28(4,5)31-29/h7-20H,6H2,1-5H3/b25-20+. The maximum absolute atomic E-state index is 6.43. The molecular weight excluding hydrogens is 379 g/mol. The van der Waals surface area contributed by atoms with Gasteiger partial charge in [-0.05, 0) is 73.5 Å². The van der Waals surface area contributed by atoms with E-state index in [0.29, 0.717) is 0 Å². The molecule has 0 aliphatic carbocycles. The first kappa shape index (κ1) is 21.6. The summed E-state index contributed by atoms with van der Waals surface area (Å²) in [7, 11) is -0.408. The van der Waals surface area contributed by atoms with Crippen LogP contribution < -0.4 is 5.46 Å². The molecule has 0 bridgehead atoms. The zero-order chi connectivity index (χ0) is 22.1. The predicted molar refractivity (Wildman–Crippen MR) is 131 cm³/mol. The normalized spacial score (nSPS) is 17.7. The SMILES string of the molecule is CCc1ccccc1/C(=C\c1ccccc1)c1ccccc1B1OC(C)(C)C(C)(C)O1. The third-order valence-corrected chi connectivity index (χ3v) is 6.56. The number of benzene rings is 3. The Bertz CT molecular complexity index is 1070. The van der Waals surface area contributed by atoms with Crippen molar-refractivity contribution in [3.8, 4) is 0 Å². The van der Waals surface area contributed by atoms with Gasteiger partial charge in [0.2, 0.25) is 0 Å². The molecule has 0 saturated carbocycles. The third-order valence-electron chi connectivity index (χ3n) is 6.56. The van der Waals surface area contributed by atoms with Crippen LogP contribution in [-0.2, 0) is 15.7 Å². The number of rotatable bonds is 5. The Kier molecular flexibility index (Phi) is 5.92. The molecule has 0 atom stereocenters. The maximum Gasteiger partial charge on any atom is 0.495 e. The molecule has 4 rings (SSSR count). The Morgan fingerprint density at radius 3 is 1.94 bits per heavy atom. The van der Waals surface area contributed by atoms with Crippen LogP contribution in [0.25, 0.3) is 11.6 Å². The van der Waals surface area contributed by atoms with E-state index in [-0.39, 0.29) is 11.2 Å². The minimum Gasteiger partial charge on any atom is -0.399 e. The van der Waals surface area contributed by atoms with Crippen molar-refractivity contribution >= 4 is 24.2 Å². The van der Waals surface area contributed by atoms with Gasteiger partial charge in [0.05, 0.1) is 11.2 Å². The maximum atomic E-state index is 6.43. The van der Waals surface area contributed by atoms with E-state index in [1.54, 1.807) is 0 Å². The minimum absolute atomic E-state index is 0.380. The van der Waals surface area contributed by atoms with Crippen molar-refractivity contribution < 1.29 is 9.31 Å². The van der Waals surface area contributed by atoms with Crippen LogP contribution >= 0.6 is 0 Å². The van der Waals surface area contributed by atoms with Gasteiger partial charge in [-0.25, -0.2) is 0 Å². The molecule has 1 saturated heterocycles. The van der Waals surface area contributed by atoms with Crippen LogP contribution in [0.3, 0.4) is 0 Å². The van der Waals surface area contributed by atoms with E-state index in [1.807, 2.05) is 0 Å². The Hall–Kier alpha value is -2.62. The number of hydrogen-bond donors (Lipinski definition) is 0. The van der Waals surface area contributed by atoms with Crippen molar-refractivity contribution in [2.45, 2.75) is 52.2 Å². The molecule has 158 valence electrons. The summed E-state index contributed by atoms with van der Waals surface area (Å²) in [5.74, 6) is 0. The molecule has 0 aromatic heterocycles. The highest BCUT2D eigenvalue weighted by Crippen LogP contribution is 2.38. The lowest BCUT2D eigenvalue weighted by atomic mass is 9.73. The van der Waals surface area contributed by atoms with Gasteiger partial charge < -0.3 is 9.31 Å². The van der Waals surface area contributed by atoms with Gasteiger partial charge in [-0.2, -0.15) is 0 Å². The van der Waals surface area contributed by atoms with Crippen molar-refractivity contribution in [1.82, 2.24) is 0 Å². The van der Waals surface area contributed by atoms with Crippen molar-refractivity contribution in [3.63, 3.8) is 0 Å². The first-order chi connectivity index (χ1) is 14.8. The van der Waals surface area contributed by atoms with E-state index in [1.165, 1.54) is 22.3 Å². The van der Waals surface area contributed by atoms with Crippen LogP contribution in [0.1, 0.15) is 56.9 Å². The fraction of sp³-hybridized carbons (Fsp3) is 0.286. The summed E-state index contributed by atoms with van der Waals surface area (Å²) in [4.78, 5) is 0. The van der Waals surface area contributed by atoms with Crippen molar-refractivity contribution in [3.05, 3.63) is 101 Å². The predicted octanol–water partition coefficient (Wildman–Crippen LogP) is 6.14. The molecule has 1 fully saturated rings. The lowest BCUT2D eigenvalue weighted by Gasteiger charge is -2.32. The quantitative estimate of drug-likeness (QED) is 0.372. The largest absolute Gasteiger partial charge is 0.495 e. The molecule has 31 heavy (non-hydrogen) atoms. The molecular formula is C28H31BO2. The van der Waals surface area contributed by atoms with Crippen LogP contribution in [0.2, 0.25) is 0 Å². The molecule has 1 aliphatic rings. The second-order valence-electron chi connectivity index (χ2n) is 9.15. The molecule has 2 nitrogen and oxygen atoms in total. The van der Waals surface area contributed by atoms with Gasteiger partial charge in [0.1, 0.15) is 0 Å². The second-order valence-corrected chi connectivity index (χ2v) is 9.15. The molecule has 0 amide bonds. The second kappa shape index (κ2) is 8.49. The number of aryl methyl sites for hydroxylation is 1. The van der Waals surface area contributed by atoms with E-state index in [9.17, 15) is 0 Å². The summed E-state index contributed by atoms with van der Waals surface area (Å²) in [5, 5.41) is 0. The average molecular weight is 410 g/mol. The van der Waals surface area contributed by atoms with E-state index >= 15 is 0 Å². The van der Waals surface area contributed by atoms with Gasteiger partial charge in [-0.15, -0.1) is 0 Å². The molecule has 3 aromatic rings. The van der Waals surface area contributed by atoms with Crippen LogP contribution in [0, 0.1) is 0 Å². The molecule has 0 unspecified atom stereocenters. The molecule has 3 aromatic carbocycles. The third kappa shape index (κ3) is 4.26. The summed E-state index contributed by atoms with van der Waals surface area (Å²) in [6.07, 6.45) is 3.25. The molecule has 0 radical (unpaired) electrons. The van der Waals surface area contributed by atoms with Crippen LogP contribution in [0.15, 0.2) is 78.9 Å². The molecule has 1 aliphatic heterocycles. The first-order valence-electron chi connectivity index (χ1n) is 11.1. The highest BCUT2D eigenvalue weighted by Gasteiger charge is 2.52. The highest BCUT2D eigenvalue weighted by molar-refractivity contribution is 6.63. The zero-order valence-corrected chi connectivity index (χ0v) is 19.2. The Morgan fingerprint density at radius 1 is 0.742 bits per heavy atom. The summed E-state index contributed by atoms with van der Waals surface area (Å²) in [5.41, 5.74) is 6.39. The molecule has 0 N–H and O–H groups in total. The molecule has 1 heterocycles. The smallest absolute Gasteiger partial charge is 0.399 e. The highest BCUT2D eigenvalue weighted by atomic mass is 16.7. The van der Waals surface area contributed by atoms with Crippen LogP contribution in [0.5, 0.6) is 0 Å². The van der Waals surface area contributed by atoms with E-state index < -0.39 is 7.12 Å². The van der Waals surface area contributed by atoms with Gasteiger partial charge >= 0.3 is 7.12 Å². The minimum atomic E-state index is -0.408. The zero-order valence-electron chi connectivity index (χ0n) is 19.2. The van der Waals surface area contributed by atoms with Crippen molar-refractivity contribution in [2.24, 2.45) is 0 Å². The van der Waals surface area contributed by atoms with Crippen LogP contribution in [0.4, 0.5) is 0 Å². The van der Waals surface area contributed by atoms with E-state index in [4.69, 9.17) is 9.31 Å². The summed E-state index contributed by atoms with van der Waals surface area (Å²) in [6.45, 7) is 10.6. The lowest BCUT2D eigenvalue weighted by molar-refractivity contribution is 0.00578. The first-order valence-corrected chi connectivity index (χ1v) is 11.1. The Morgan fingerprint density at radius 2 is 1.29 bits per heavy atom. The van der Waals surface area contributed by atoms with Gasteiger partial charge in [0, 0.05) is 0 Å². The van der Waals surface area contributed by atoms with Gasteiger partial charge in [-0.3, -0.25) is 0 Å². The molecule has 3 heteroatoms. The van der Waals surface area contributed by atoms with Crippen molar-refractivity contribution in [1.29, 1.82) is 0 Å². The fourth-order valence-electron chi connectivity index (χ4n) is 4.03. The number of hydrogen-bond acceptors (Lipinski definition) is 2. The van der Waals surface area contributed by atoms with Crippen LogP contribution in [-0.4, -0.2) is 18.3 Å². The molecule has 0 spiro atoms. The average Bonchev–Trinajstić information content (AvgIpc) is 2.99. The lowest BCUT2D eigenvalue weighted by Crippen LogP contribution is -2.41. The summed E-state index contributed by atoms with van der Waals surface area (Å²) < 4.78 is 12.9. The van der Waals surface area contributed by atoms with E-state index in [0.717, 1.165) is 17.4 Å². The van der Waals surface area contributed by atoms with Gasteiger partial charge in [0.25, 0.3) is 0 Å². The Labute approximate surface area is 187 Å². The summed E-state index contributed by atoms with van der Waals surface area (Å²) in [6, 6.07) is 27.6. The summed E-state index contributed by atoms with van der Waals surface area (Å²) >= 11 is 0. The Balaban J connectivity index is 1.89. The van der Waals surface area contributed by atoms with Gasteiger partial charge in [-0.1, -0.05) is 85.8 Å². The topological polar surface area (TPSA) is 18.5 Å². The van der Waals surface area contributed by atoms with Crippen molar-refractivity contribution in [2.75, 3.05) is 0 Å². The monoisotopic (exact) mass is 410 g/mol. The van der Waals surface area contributed by atoms with Gasteiger partial charge in [0.15, 0.2) is 0 Å². The fourth-order valence-corrected chi connectivity index (χ4v) is 4.03. The van der Waals surface area contributed by atoms with E-state index in [2.05, 4.69) is 120 Å².